The van der Waals surface area contributed by atoms with Gasteiger partial charge in [0.2, 0.25) is 0 Å². The van der Waals surface area contributed by atoms with Crippen LogP contribution in [0.25, 0.3) is 0 Å². The van der Waals surface area contributed by atoms with Crippen LogP contribution < -0.4 is 10.1 Å². The summed E-state index contributed by atoms with van der Waals surface area (Å²) in [7, 11) is 0. The summed E-state index contributed by atoms with van der Waals surface area (Å²) in [6.07, 6.45) is 1.83. The zero-order chi connectivity index (χ0) is 13.7. The lowest BCUT2D eigenvalue weighted by Crippen LogP contribution is -2.06. The molecule has 2 aromatic rings. The standard InChI is InChI=1S/C14H13ClN2OS.HI/c1-19-14(16)17-12-9-5-8-11(15)13(12)18-10-6-3-2-4-7-10;/h2-9H,1H3,(H2,16,17);1H. The van der Waals surface area contributed by atoms with Gasteiger partial charge in [-0.25, -0.2) is 0 Å². The number of ether oxygens (including phenoxy) is 1. The highest BCUT2D eigenvalue weighted by Crippen LogP contribution is 2.36. The van der Waals surface area contributed by atoms with Crippen molar-refractivity contribution in [3.63, 3.8) is 0 Å². The quantitative estimate of drug-likeness (QED) is 0.394. The third kappa shape index (κ3) is 4.57. The number of halogens is 2. The molecule has 0 aromatic heterocycles. The molecule has 0 aliphatic heterocycles. The van der Waals surface area contributed by atoms with Crippen molar-refractivity contribution >= 4 is 58.2 Å². The molecular weight excluding hydrogens is 407 g/mol. The highest BCUT2D eigenvalue weighted by molar-refractivity contribution is 14.0. The van der Waals surface area contributed by atoms with E-state index in [1.807, 2.05) is 48.7 Å². The van der Waals surface area contributed by atoms with Gasteiger partial charge in [0.05, 0.1) is 10.7 Å². The zero-order valence-corrected chi connectivity index (χ0v) is 14.6. The van der Waals surface area contributed by atoms with Gasteiger partial charge < -0.3 is 10.1 Å². The van der Waals surface area contributed by atoms with E-state index in [1.165, 1.54) is 11.8 Å². The molecule has 6 heteroatoms. The predicted octanol–water partition coefficient (Wildman–Crippen LogP) is 5.46. The molecule has 0 spiro atoms. The Morgan fingerprint density at radius 1 is 1.15 bits per heavy atom. The van der Waals surface area contributed by atoms with Gasteiger partial charge in [-0.2, -0.15) is 0 Å². The van der Waals surface area contributed by atoms with Crippen molar-refractivity contribution in [1.82, 2.24) is 0 Å². The van der Waals surface area contributed by atoms with E-state index in [9.17, 15) is 0 Å². The molecule has 20 heavy (non-hydrogen) atoms. The maximum atomic E-state index is 7.67. The Kier molecular flexibility index (Phi) is 7.18. The van der Waals surface area contributed by atoms with Gasteiger partial charge >= 0.3 is 0 Å². The van der Waals surface area contributed by atoms with Crippen LogP contribution >= 0.6 is 47.3 Å². The summed E-state index contributed by atoms with van der Waals surface area (Å²) < 4.78 is 5.79. The highest BCUT2D eigenvalue weighted by atomic mass is 127. The number of hydrogen-bond donors (Lipinski definition) is 2. The van der Waals surface area contributed by atoms with Gasteiger partial charge in [-0.05, 0) is 30.5 Å². The minimum Gasteiger partial charge on any atom is -0.454 e. The van der Waals surface area contributed by atoms with E-state index in [-0.39, 0.29) is 24.0 Å². The normalized spacial score (nSPS) is 9.50. The van der Waals surface area contributed by atoms with Gasteiger partial charge in [0.1, 0.15) is 5.75 Å². The summed E-state index contributed by atoms with van der Waals surface area (Å²) in [5, 5.41) is 11.5. The van der Waals surface area contributed by atoms with Gasteiger partial charge in [0.25, 0.3) is 0 Å². The molecule has 2 aromatic carbocycles. The fraction of sp³-hybridized carbons (Fsp3) is 0.0714. The average molecular weight is 421 g/mol. The van der Waals surface area contributed by atoms with Crippen molar-refractivity contribution in [3.05, 3.63) is 53.6 Å². The molecule has 0 saturated heterocycles. The third-order valence-corrected chi connectivity index (χ3v) is 3.19. The summed E-state index contributed by atoms with van der Waals surface area (Å²) in [5.41, 5.74) is 0.677. The number of amidine groups is 1. The van der Waals surface area contributed by atoms with E-state index in [1.54, 1.807) is 6.07 Å². The lowest BCUT2D eigenvalue weighted by molar-refractivity contribution is 0.485. The molecule has 2 rings (SSSR count). The van der Waals surface area contributed by atoms with Crippen LogP contribution in [0.3, 0.4) is 0 Å². The molecule has 0 saturated carbocycles. The van der Waals surface area contributed by atoms with Gasteiger partial charge in [0, 0.05) is 0 Å². The maximum Gasteiger partial charge on any atom is 0.169 e. The maximum absolute atomic E-state index is 7.67. The van der Waals surface area contributed by atoms with Gasteiger partial charge in [-0.1, -0.05) is 47.6 Å². The molecule has 0 heterocycles. The Morgan fingerprint density at radius 2 is 1.85 bits per heavy atom. The second kappa shape index (κ2) is 8.39. The van der Waals surface area contributed by atoms with Crippen LogP contribution in [-0.4, -0.2) is 11.4 Å². The molecule has 0 fully saturated rings. The van der Waals surface area contributed by atoms with Gasteiger partial charge in [-0.3, -0.25) is 5.41 Å². The molecule has 0 amide bonds. The Labute approximate surface area is 144 Å². The van der Waals surface area contributed by atoms with Crippen LogP contribution in [0, 0.1) is 5.41 Å². The molecule has 2 N–H and O–H groups in total. The molecule has 0 radical (unpaired) electrons. The van der Waals surface area contributed by atoms with E-state index in [4.69, 9.17) is 21.7 Å². The van der Waals surface area contributed by atoms with Crippen molar-refractivity contribution in [3.8, 4) is 11.5 Å². The van der Waals surface area contributed by atoms with E-state index in [0.29, 0.717) is 27.4 Å². The molecule has 106 valence electrons. The number of para-hydroxylation sites is 2. The molecule has 0 atom stereocenters. The molecule has 0 bridgehead atoms. The van der Waals surface area contributed by atoms with Gasteiger partial charge in [0.15, 0.2) is 10.9 Å². The van der Waals surface area contributed by atoms with Crippen molar-refractivity contribution in [2.75, 3.05) is 11.6 Å². The number of hydrogen-bond acceptors (Lipinski definition) is 3. The van der Waals surface area contributed by atoms with Crippen LogP contribution in [0.4, 0.5) is 5.69 Å². The average Bonchev–Trinajstić information content (AvgIpc) is 2.43. The molecule has 0 aliphatic rings. The van der Waals surface area contributed by atoms with E-state index < -0.39 is 0 Å². The monoisotopic (exact) mass is 420 g/mol. The first-order valence-electron chi connectivity index (χ1n) is 5.61. The number of nitrogens with one attached hydrogen (secondary N) is 2. The minimum absolute atomic E-state index is 0. The van der Waals surface area contributed by atoms with E-state index in [0.717, 1.165) is 0 Å². The van der Waals surface area contributed by atoms with Crippen molar-refractivity contribution < 1.29 is 4.74 Å². The van der Waals surface area contributed by atoms with Crippen molar-refractivity contribution in [1.29, 1.82) is 5.41 Å². The molecule has 0 unspecified atom stereocenters. The first-order valence-corrected chi connectivity index (χ1v) is 7.22. The van der Waals surface area contributed by atoms with E-state index >= 15 is 0 Å². The molecule has 0 aliphatic carbocycles. The smallest absolute Gasteiger partial charge is 0.169 e. The minimum atomic E-state index is 0. The zero-order valence-electron chi connectivity index (χ0n) is 10.7. The lowest BCUT2D eigenvalue weighted by atomic mass is 10.3. The SMILES string of the molecule is CSC(=N)Nc1cccc(Cl)c1Oc1ccccc1.I. The summed E-state index contributed by atoms with van der Waals surface area (Å²) in [6.45, 7) is 0. The summed E-state index contributed by atoms with van der Waals surface area (Å²) in [5.74, 6) is 1.23. The topological polar surface area (TPSA) is 45.1 Å². The van der Waals surface area contributed by atoms with Gasteiger partial charge in [-0.15, -0.1) is 24.0 Å². The third-order valence-electron chi connectivity index (χ3n) is 2.38. The van der Waals surface area contributed by atoms with E-state index in [2.05, 4.69) is 5.32 Å². The Hall–Kier alpha value is -0.920. The van der Waals surface area contributed by atoms with Crippen LogP contribution in [0.1, 0.15) is 0 Å². The number of rotatable bonds is 3. The van der Waals surface area contributed by atoms with Crippen molar-refractivity contribution in [2.24, 2.45) is 0 Å². The molecular formula is C14H14ClIN2OS. The second-order valence-corrected chi connectivity index (χ2v) is 4.91. The molecule has 3 nitrogen and oxygen atoms in total. The number of thioether (sulfide) groups is 1. The first-order chi connectivity index (χ1) is 9.20. The predicted molar refractivity (Wildman–Crippen MR) is 98.2 cm³/mol. The first kappa shape index (κ1) is 17.1. The summed E-state index contributed by atoms with van der Waals surface area (Å²) in [6, 6.07) is 14.8. The highest BCUT2D eigenvalue weighted by Gasteiger charge is 2.10. The lowest BCUT2D eigenvalue weighted by Gasteiger charge is -2.14. The Morgan fingerprint density at radius 3 is 2.50 bits per heavy atom. The summed E-state index contributed by atoms with van der Waals surface area (Å²) >= 11 is 7.48. The van der Waals surface area contributed by atoms with Crippen molar-refractivity contribution in [2.45, 2.75) is 0 Å². The Bertz CT molecular complexity index is 581. The Balaban J connectivity index is 0.00000200. The number of benzene rings is 2. The fourth-order valence-electron chi connectivity index (χ4n) is 1.49. The fourth-order valence-corrected chi connectivity index (χ4v) is 1.92. The number of anilines is 1. The van der Waals surface area contributed by atoms with Crippen LogP contribution in [-0.2, 0) is 0 Å². The summed E-state index contributed by atoms with van der Waals surface area (Å²) in [4.78, 5) is 0. The van der Waals surface area contributed by atoms with Crippen LogP contribution in [0.15, 0.2) is 48.5 Å². The van der Waals surface area contributed by atoms with Crippen LogP contribution in [0.2, 0.25) is 5.02 Å². The second-order valence-electron chi connectivity index (χ2n) is 3.69. The largest absolute Gasteiger partial charge is 0.454 e. The van der Waals surface area contributed by atoms with Crippen LogP contribution in [0.5, 0.6) is 11.5 Å².